The number of hydrogen-bond acceptors (Lipinski definition) is 6. The number of piperidine rings is 1. The highest BCUT2D eigenvalue weighted by molar-refractivity contribution is 8.01. The van der Waals surface area contributed by atoms with Gasteiger partial charge in [-0.3, -0.25) is 9.59 Å². The molecular weight excluding hydrogens is 609 g/mol. The van der Waals surface area contributed by atoms with E-state index in [0.29, 0.717) is 32.2 Å². The number of likely N-dealkylation sites (N-methyl/N-ethyl adjacent to an activating group) is 1. The molecule has 3 fully saturated rings. The number of rotatable bonds is 8. The lowest BCUT2D eigenvalue weighted by Gasteiger charge is -2.38. The van der Waals surface area contributed by atoms with Gasteiger partial charge in [0, 0.05) is 76.1 Å². The summed E-state index contributed by atoms with van der Waals surface area (Å²) in [5.41, 5.74) is 4.52. The first kappa shape index (κ1) is 33.7. The van der Waals surface area contributed by atoms with Crippen LogP contribution in [0.5, 0.6) is 0 Å². The molecule has 0 bridgehead atoms. The molecule has 47 heavy (non-hydrogen) atoms. The van der Waals surface area contributed by atoms with Gasteiger partial charge in [-0.1, -0.05) is 57.2 Å². The normalized spacial score (nSPS) is 24.2. The van der Waals surface area contributed by atoms with Crippen LogP contribution in [0, 0.1) is 5.41 Å². The van der Waals surface area contributed by atoms with Crippen LogP contribution in [0.3, 0.4) is 0 Å². The number of anilines is 2. The smallest absolute Gasteiger partial charge is 0.322 e. The quantitative estimate of drug-likeness (QED) is 0.378. The molecule has 2 unspecified atom stereocenters. The standard InChI is InChI=1S/C37H52N6O3S.H2/c1-37(2,3)18-23-43-34(45)32(47-35(43)29-11-7-9-13-31(29)41-21-17-28(25-41)39(4)5)24-33(44)40-19-15-27(16-20-40)42-22-14-26-10-6-8-12-30(26)38-36(42)46;/h6-13,27-28,32,35H,14-25H2,1-5H3,(H,38,46);1H/t28-,32?,35?;/m1./s1. The number of nitrogens with zero attached hydrogens (tertiary/aromatic N) is 5. The van der Waals surface area contributed by atoms with Crippen LogP contribution in [0.15, 0.2) is 48.5 Å². The molecule has 3 saturated heterocycles. The van der Waals surface area contributed by atoms with Gasteiger partial charge >= 0.3 is 6.03 Å². The third kappa shape index (κ3) is 7.59. The predicted octanol–water partition coefficient (Wildman–Crippen LogP) is 5.92. The van der Waals surface area contributed by atoms with Gasteiger partial charge in [0.1, 0.15) is 5.37 Å². The minimum absolute atomic E-state index is 0. The molecule has 4 amide bonds. The van der Waals surface area contributed by atoms with Gasteiger partial charge in [-0.05, 0) is 69.3 Å². The molecule has 0 radical (unpaired) electrons. The number of amides is 4. The highest BCUT2D eigenvalue weighted by atomic mass is 32.2. The Morgan fingerprint density at radius 3 is 2.43 bits per heavy atom. The van der Waals surface area contributed by atoms with Crippen LogP contribution in [-0.4, -0.2) is 108 Å². The van der Waals surface area contributed by atoms with E-state index in [2.05, 4.69) is 80.3 Å². The highest BCUT2D eigenvalue weighted by Gasteiger charge is 2.44. The molecule has 1 N–H and O–H groups in total. The number of thioether (sulfide) groups is 1. The summed E-state index contributed by atoms with van der Waals surface area (Å²) >= 11 is 1.65. The highest BCUT2D eigenvalue weighted by Crippen LogP contribution is 2.48. The van der Waals surface area contributed by atoms with Crippen molar-refractivity contribution in [3.8, 4) is 0 Å². The summed E-state index contributed by atoms with van der Waals surface area (Å²) in [5.74, 6) is 0.121. The van der Waals surface area contributed by atoms with E-state index in [-0.39, 0.29) is 42.5 Å². The van der Waals surface area contributed by atoms with Crippen molar-refractivity contribution in [1.29, 1.82) is 0 Å². The maximum absolute atomic E-state index is 14.1. The van der Waals surface area contributed by atoms with Crippen LogP contribution in [0.25, 0.3) is 0 Å². The Morgan fingerprint density at radius 2 is 1.70 bits per heavy atom. The molecule has 3 atom stereocenters. The Hall–Kier alpha value is -3.24. The van der Waals surface area contributed by atoms with Crippen molar-refractivity contribution in [2.45, 2.75) is 82.0 Å². The van der Waals surface area contributed by atoms with Crippen LogP contribution >= 0.6 is 11.8 Å². The number of nitrogens with one attached hydrogen (secondary N) is 1. The summed E-state index contributed by atoms with van der Waals surface area (Å²) in [5, 5.41) is 2.56. The molecule has 0 aliphatic carbocycles. The van der Waals surface area contributed by atoms with Gasteiger partial charge in [0.15, 0.2) is 0 Å². The van der Waals surface area contributed by atoms with Crippen molar-refractivity contribution >= 4 is 41.0 Å². The second-order valence-corrected chi connectivity index (χ2v) is 16.4. The van der Waals surface area contributed by atoms with Gasteiger partial charge in [0.05, 0.1) is 5.25 Å². The maximum atomic E-state index is 14.1. The lowest BCUT2D eigenvalue weighted by Crippen LogP contribution is -2.50. The van der Waals surface area contributed by atoms with E-state index in [9.17, 15) is 14.4 Å². The topological polar surface area (TPSA) is 79.4 Å². The van der Waals surface area contributed by atoms with Crippen molar-refractivity contribution in [1.82, 2.24) is 19.6 Å². The van der Waals surface area contributed by atoms with Gasteiger partial charge in [-0.15, -0.1) is 11.8 Å². The molecule has 0 spiro atoms. The van der Waals surface area contributed by atoms with Gasteiger partial charge < -0.3 is 29.8 Å². The number of hydrogen-bond donors (Lipinski definition) is 1. The molecule has 10 heteroatoms. The minimum atomic E-state index is -0.402. The molecule has 4 aliphatic heterocycles. The number of fused-ring (bicyclic) bond motifs is 1. The first-order valence-electron chi connectivity index (χ1n) is 17.4. The number of benzene rings is 2. The monoisotopic (exact) mass is 662 g/mol. The molecule has 9 nitrogen and oxygen atoms in total. The number of likely N-dealkylation sites (tertiary alicyclic amines) is 1. The molecule has 0 aromatic heterocycles. The lowest BCUT2D eigenvalue weighted by molar-refractivity contribution is -0.137. The van der Waals surface area contributed by atoms with Gasteiger partial charge in [0.25, 0.3) is 0 Å². The summed E-state index contributed by atoms with van der Waals surface area (Å²) in [4.78, 5) is 51.6. The zero-order chi connectivity index (χ0) is 33.3. The van der Waals surface area contributed by atoms with E-state index >= 15 is 0 Å². The molecular formula is C37H54N6O3S. The van der Waals surface area contributed by atoms with E-state index < -0.39 is 5.25 Å². The Bertz CT molecular complexity index is 1460. The number of para-hydroxylation sites is 2. The third-order valence-corrected chi connectivity index (χ3v) is 11.9. The summed E-state index contributed by atoms with van der Waals surface area (Å²) in [6.07, 6.45) is 4.55. The zero-order valence-corrected chi connectivity index (χ0v) is 29.6. The van der Waals surface area contributed by atoms with Gasteiger partial charge in [0.2, 0.25) is 11.8 Å². The van der Waals surface area contributed by atoms with Crippen molar-refractivity contribution in [2.24, 2.45) is 5.41 Å². The Labute approximate surface area is 286 Å². The number of urea groups is 1. The van der Waals surface area contributed by atoms with E-state index in [0.717, 1.165) is 56.4 Å². The summed E-state index contributed by atoms with van der Waals surface area (Å²) in [6.45, 7) is 11.2. The largest absolute Gasteiger partial charge is 0.370 e. The second-order valence-electron chi connectivity index (χ2n) is 15.1. The fraction of sp³-hybridized carbons (Fsp3) is 0.595. The molecule has 6 rings (SSSR count). The summed E-state index contributed by atoms with van der Waals surface area (Å²) in [6, 6.07) is 17.1. The predicted molar refractivity (Wildman–Crippen MR) is 193 cm³/mol. The Balaban J connectivity index is 0.00000451. The van der Waals surface area contributed by atoms with Crippen molar-refractivity contribution in [2.75, 3.05) is 63.6 Å². The molecule has 4 aliphatic rings. The SMILES string of the molecule is CN(C)[C@@H]1CCN(c2ccccc2C2SC(CC(=O)N3CCC(N4CCc5ccccc5NC4=O)CC3)C(=O)N2CCC(C)(C)C)C1.[HH]. The minimum Gasteiger partial charge on any atom is -0.370 e. The van der Waals surface area contributed by atoms with Crippen LogP contribution in [-0.2, 0) is 16.0 Å². The molecule has 256 valence electrons. The van der Waals surface area contributed by atoms with Gasteiger partial charge in [-0.2, -0.15) is 0 Å². The molecule has 2 aromatic rings. The van der Waals surface area contributed by atoms with Gasteiger partial charge in [-0.25, -0.2) is 4.79 Å². The number of carbonyl (C=O) groups excluding carboxylic acids is 3. The van der Waals surface area contributed by atoms with Crippen LogP contribution in [0.1, 0.15) is 70.8 Å². The van der Waals surface area contributed by atoms with E-state index in [1.165, 1.54) is 11.3 Å². The van der Waals surface area contributed by atoms with Crippen molar-refractivity contribution in [3.05, 3.63) is 59.7 Å². The third-order valence-electron chi connectivity index (χ3n) is 10.4. The average molecular weight is 663 g/mol. The summed E-state index contributed by atoms with van der Waals surface area (Å²) in [7, 11) is 4.30. The Kier molecular flexibility index (Phi) is 10.1. The van der Waals surface area contributed by atoms with Crippen LogP contribution in [0.2, 0.25) is 0 Å². The molecule has 2 aromatic carbocycles. The molecule has 0 saturated carbocycles. The maximum Gasteiger partial charge on any atom is 0.322 e. The number of carbonyl (C=O) groups is 3. The first-order valence-corrected chi connectivity index (χ1v) is 18.3. The lowest BCUT2D eigenvalue weighted by atomic mass is 9.92. The summed E-state index contributed by atoms with van der Waals surface area (Å²) < 4.78 is 0. The second kappa shape index (κ2) is 14.1. The van der Waals surface area contributed by atoms with E-state index in [1.54, 1.807) is 11.8 Å². The first-order chi connectivity index (χ1) is 22.5. The fourth-order valence-corrected chi connectivity index (χ4v) is 8.97. The zero-order valence-electron chi connectivity index (χ0n) is 28.8. The van der Waals surface area contributed by atoms with Crippen molar-refractivity contribution in [3.63, 3.8) is 0 Å². The molecule has 4 heterocycles. The fourth-order valence-electron chi connectivity index (χ4n) is 7.47. The average Bonchev–Trinajstić information content (AvgIpc) is 3.61. The van der Waals surface area contributed by atoms with Crippen LogP contribution in [0.4, 0.5) is 16.2 Å². The van der Waals surface area contributed by atoms with E-state index in [1.807, 2.05) is 32.9 Å². The van der Waals surface area contributed by atoms with Crippen LogP contribution < -0.4 is 10.2 Å². The van der Waals surface area contributed by atoms with Crippen molar-refractivity contribution < 1.29 is 15.8 Å². The van der Waals surface area contributed by atoms with E-state index in [4.69, 9.17) is 0 Å². The Morgan fingerprint density at radius 1 is 0.979 bits per heavy atom.